The minimum absolute atomic E-state index is 0.126. The average Bonchev–Trinajstić information content (AvgIpc) is 2.73. The molecule has 3 nitrogen and oxygen atoms in total. The number of ether oxygens (including phenoxy) is 1. The van der Waals surface area contributed by atoms with Crippen molar-refractivity contribution in [1.82, 2.24) is 4.98 Å². The van der Waals surface area contributed by atoms with E-state index in [9.17, 15) is 0 Å². The average molecular weight is 284 g/mol. The molecular weight excluding hydrogens is 260 g/mol. The molecule has 1 saturated carbocycles. The lowest BCUT2D eigenvalue weighted by molar-refractivity contribution is 0.0673. The Labute approximate surface area is 126 Å². The number of rotatable bonds is 4. The van der Waals surface area contributed by atoms with E-state index in [1.165, 1.54) is 36.6 Å². The molecule has 1 aromatic heterocycles. The summed E-state index contributed by atoms with van der Waals surface area (Å²) < 4.78 is 5.97. The maximum Gasteiger partial charge on any atom is 0.0724 e. The van der Waals surface area contributed by atoms with E-state index in [4.69, 9.17) is 10.5 Å². The Kier molecular flexibility index (Phi) is 4.51. The lowest BCUT2D eigenvalue weighted by atomic mass is 9.92. The van der Waals surface area contributed by atoms with Crippen LogP contribution >= 0.6 is 0 Å². The Morgan fingerprint density at radius 3 is 2.62 bits per heavy atom. The van der Waals surface area contributed by atoms with Crippen molar-refractivity contribution in [2.24, 2.45) is 5.73 Å². The van der Waals surface area contributed by atoms with Gasteiger partial charge in [-0.25, -0.2) is 0 Å². The molecule has 0 bridgehead atoms. The van der Waals surface area contributed by atoms with Crippen molar-refractivity contribution in [3.8, 4) is 0 Å². The third kappa shape index (κ3) is 3.60. The number of hydrogen-bond acceptors (Lipinski definition) is 3. The van der Waals surface area contributed by atoms with E-state index >= 15 is 0 Å². The van der Waals surface area contributed by atoms with Gasteiger partial charge in [0, 0.05) is 17.1 Å². The number of pyridine rings is 1. The summed E-state index contributed by atoms with van der Waals surface area (Å²) in [5, 5.41) is 1.17. The lowest BCUT2D eigenvalue weighted by Crippen LogP contribution is -2.43. The molecule has 1 aromatic carbocycles. The minimum Gasteiger partial charge on any atom is -0.375 e. The van der Waals surface area contributed by atoms with Crippen molar-refractivity contribution in [2.45, 2.75) is 50.7 Å². The third-order valence-electron chi connectivity index (χ3n) is 4.49. The van der Waals surface area contributed by atoms with Crippen LogP contribution in [0.2, 0.25) is 0 Å². The summed E-state index contributed by atoms with van der Waals surface area (Å²) in [5.74, 6) is 0. The maximum absolute atomic E-state index is 6.50. The molecule has 0 unspecified atom stereocenters. The van der Waals surface area contributed by atoms with Crippen LogP contribution in [0.5, 0.6) is 0 Å². The van der Waals surface area contributed by atoms with Gasteiger partial charge in [-0.15, -0.1) is 0 Å². The lowest BCUT2D eigenvalue weighted by Gasteiger charge is -2.27. The Balaban J connectivity index is 1.64. The largest absolute Gasteiger partial charge is 0.375 e. The van der Waals surface area contributed by atoms with Gasteiger partial charge in [0.15, 0.2) is 0 Å². The number of aromatic nitrogens is 1. The first-order chi connectivity index (χ1) is 10.3. The molecule has 0 spiro atoms. The molecule has 0 radical (unpaired) electrons. The van der Waals surface area contributed by atoms with Gasteiger partial charge in [0.25, 0.3) is 0 Å². The second kappa shape index (κ2) is 6.54. The molecule has 0 atom stereocenters. The SMILES string of the molecule is NC1(COCc2ccnc3ccccc23)CCCCCC1. The summed E-state index contributed by atoms with van der Waals surface area (Å²) in [7, 11) is 0. The minimum atomic E-state index is -0.126. The van der Waals surface area contributed by atoms with E-state index in [1.54, 1.807) is 0 Å². The van der Waals surface area contributed by atoms with Gasteiger partial charge in [-0.1, -0.05) is 43.9 Å². The Hall–Kier alpha value is -1.45. The fourth-order valence-electron chi connectivity index (χ4n) is 3.22. The van der Waals surface area contributed by atoms with Crippen LogP contribution in [0.1, 0.15) is 44.1 Å². The number of benzene rings is 1. The quantitative estimate of drug-likeness (QED) is 0.869. The second-order valence-corrected chi connectivity index (χ2v) is 6.26. The van der Waals surface area contributed by atoms with Crippen LogP contribution in [0.15, 0.2) is 36.5 Å². The highest BCUT2D eigenvalue weighted by Gasteiger charge is 2.26. The van der Waals surface area contributed by atoms with Crippen molar-refractivity contribution in [1.29, 1.82) is 0 Å². The van der Waals surface area contributed by atoms with Crippen molar-refractivity contribution < 1.29 is 4.74 Å². The highest BCUT2D eigenvalue weighted by molar-refractivity contribution is 5.81. The van der Waals surface area contributed by atoms with E-state index in [0.29, 0.717) is 13.2 Å². The summed E-state index contributed by atoms with van der Waals surface area (Å²) in [6.45, 7) is 1.27. The Morgan fingerprint density at radius 1 is 1.05 bits per heavy atom. The molecule has 0 aliphatic heterocycles. The topological polar surface area (TPSA) is 48.1 Å². The van der Waals surface area contributed by atoms with Crippen LogP contribution < -0.4 is 5.73 Å². The molecule has 0 amide bonds. The zero-order valence-electron chi connectivity index (χ0n) is 12.6. The molecule has 21 heavy (non-hydrogen) atoms. The fraction of sp³-hybridized carbons (Fsp3) is 0.500. The van der Waals surface area contributed by atoms with Crippen LogP contribution in [0.3, 0.4) is 0 Å². The molecular formula is C18H24N2O. The highest BCUT2D eigenvalue weighted by atomic mass is 16.5. The van der Waals surface area contributed by atoms with Crippen molar-refractivity contribution in [2.75, 3.05) is 6.61 Å². The number of fused-ring (bicyclic) bond motifs is 1. The summed E-state index contributed by atoms with van der Waals surface area (Å²) >= 11 is 0. The van der Waals surface area contributed by atoms with Gasteiger partial charge < -0.3 is 10.5 Å². The Bertz CT molecular complexity index is 583. The van der Waals surface area contributed by atoms with E-state index in [1.807, 2.05) is 30.5 Å². The first kappa shape index (κ1) is 14.5. The molecule has 2 N–H and O–H groups in total. The number of nitrogens with zero attached hydrogens (tertiary/aromatic N) is 1. The molecule has 1 aliphatic rings. The van der Waals surface area contributed by atoms with Gasteiger partial charge in [-0.2, -0.15) is 0 Å². The molecule has 0 saturated heterocycles. The van der Waals surface area contributed by atoms with Crippen molar-refractivity contribution in [3.05, 3.63) is 42.1 Å². The zero-order valence-corrected chi connectivity index (χ0v) is 12.6. The predicted octanol–water partition coefficient (Wildman–Crippen LogP) is 3.80. The van der Waals surface area contributed by atoms with Gasteiger partial charge in [-0.3, -0.25) is 4.98 Å². The maximum atomic E-state index is 6.50. The normalized spacial score (nSPS) is 18.5. The van der Waals surface area contributed by atoms with Crippen molar-refractivity contribution in [3.63, 3.8) is 0 Å². The third-order valence-corrected chi connectivity index (χ3v) is 4.49. The van der Waals surface area contributed by atoms with Crippen LogP contribution in [0.4, 0.5) is 0 Å². The monoisotopic (exact) mass is 284 g/mol. The molecule has 1 fully saturated rings. The van der Waals surface area contributed by atoms with E-state index in [2.05, 4.69) is 11.1 Å². The zero-order chi connectivity index (χ0) is 14.5. The van der Waals surface area contributed by atoms with E-state index < -0.39 is 0 Å². The van der Waals surface area contributed by atoms with E-state index in [-0.39, 0.29) is 5.54 Å². The molecule has 1 heterocycles. The van der Waals surface area contributed by atoms with Gasteiger partial charge in [-0.05, 0) is 30.5 Å². The first-order valence-corrected chi connectivity index (χ1v) is 7.96. The van der Waals surface area contributed by atoms with Gasteiger partial charge in [0.2, 0.25) is 0 Å². The second-order valence-electron chi connectivity index (χ2n) is 6.26. The van der Waals surface area contributed by atoms with Crippen LogP contribution in [-0.4, -0.2) is 17.1 Å². The molecule has 3 rings (SSSR count). The van der Waals surface area contributed by atoms with Crippen LogP contribution in [0, 0.1) is 0 Å². The standard InChI is InChI=1S/C18H24N2O/c19-18(10-5-1-2-6-11-18)14-21-13-15-9-12-20-17-8-4-3-7-16(15)17/h3-4,7-9,12H,1-2,5-6,10-11,13-14,19H2. The predicted molar refractivity (Wildman–Crippen MR) is 86.0 cm³/mol. The van der Waals surface area contributed by atoms with Crippen LogP contribution in [0.25, 0.3) is 10.9 Å². The molecule has 3 heteroatoms. The van der Waals surface area contributed by atoms with Crippen molar-refractivity contribution >= 4 is 10.9 Å². The smallest absolute Gasteiger partial charge is 0.0724 e. The van der Waals surface area contributed by atoms with Gasteiger partial charge in [0.1, 0.15) is 0 Å². The summed E-state index contributed by atoms with van der Waals surface area (Å²) in [5.41, 5.74) is 8.59. The van der Waals surface area contributed by atoms with Gasteiger partial charge >= 0.3 is 0 Å². The number of nitrogens with two attached hydrogens (primary N) is 1. The molecule has 1 aliphatic carbocycles. The van der Waals surface area contributed by atoms with Gasteiger partial charge in [0.05, 0.1) is 18.7 Å². The highest BCUT2D eigenvalue weighted by Crippen LogP contribution is 2.26. The first-order valence-electron chi connectivity index (χ1n) is 7.96. The number of hydrogen-bond donors (Lipinski definition) is 1. The van der Waals surface area contributed by atoms with E-state index in [0.717, 1.165) is 18.4 Å². The summed E-state index contributed by atoms with van der Waals surface area (Å²) in [6.07, 6.45) is 9.12. The summed E-state index contributed by atoms with van der Waals surface area (Å²) in [6, 6.07) is 10.2. The molecule has 2 aromatic rings. The molecule has 112 valence electrons. The number of para-hydroxylation sites is 1. The fourth-order valence-corrected chi connectivity index (χ4v) is 3.22. The summed E-state index contributed by atoms with van der Waals surface area (Å²) in [4.78, 5) is 4.39. The Morgan fingerprint density at radius 2 is 1.81 bits per heavy atom. The van der Waals surface area contributed by atoms with Crippen LogP contribution in [-0.2, 0) is 11.3 Å².